The van der Waals surface area contributed by atoms with Crippen molar-refractivity contribution in [1.82, 2.24) is 19.7 Å². The Hall–Kier alpha value is -2.74. The SMILES string of the molecule is CCN(C(=O)c1cnc2c(cnn2Cc2ccccc2)c1)[C@@H]1CCS(=O)(=O)C1. The van der Waals surface area contributed by atoms with Crippen molar-refractivity contribution in [2.75, 3.05) is 18.1 Å². The predicted octanol–water partition coefficient (Wildman–Crippen LogP) is 2.13. The molecule has 1 saturated heterocycles. The molecule has 0 aliphatic carbocycles. The fourth-order valence-corrected chi connectivity index (χ4v) is 5.45. The molecular formula is C20H22N4O3S. The second-order valence-corrected chi connectivity index (χ2v) is 9.30. The summed E-state index contributed by atoms with van der Waals surface area (Å²) >= 11 is 0. The van der Waals surface area contributed by atoms with Crippen molar-refractivity contribution in [3.05, 3.63) is 59.9 Å². The molecule has 0 spiro atoms. The molecule has 7 nitrogen and oxygen atoms in total. The molecule has 1 atom stereocenters. The maximum absolute atomic E-state index is 13.0. The van der Waals surface area contributed by atoms with Crippen LogP contribution in [0.3, 0.4) is 0 Å². The maximum atomic E-state index is 13.0. The number of nitrogens with zero attached hydrogens (tertiary/aromatic N) is 4. The van der Waals surface area contributed by atoms with Crippen molar-refractivity contribution in [3.8, 4) is 0 Å². The summed E-state index contributed by atoms with van der Waals surface area (Å²) in [5.74, 6) is -0.00257. The van der Waals surface area contributed by atoms with Gasteiger partial charge in [-0.15, -0.1) is 0 Å². The van der Waals surface area contributed by atoms with Crippen LogP contribution >= 0.6 is 0 Å². The van der Waals surface area contributed by atoms with Crippen LogP contribution in [-0.4, -0.2) is 58.1 Å². The first-order chi connectivity index (χ1) is 13.5. The fraction of sp³-hybridized carbons (Fsp3) is 0.350. The summed E-state index contributed by atoms with van der Waals surface area (Å²) in [5, 5.41) is 5.19. The number of carbonyl (C=O) groups is 1. The summed E-state index contributed by atoms with van der Waals surface area (Å²) in [6, 6.07) is 11.5. The van der Waals surface area contributed by atoms with Crippen molar-refractivity contribution < 1.29 is 13.2 Å². The van der Waals surface area contributed by atoms with E-state index in [9.17, 15) is 13.2 Å². The van der Waals surface area contributed by atoms with Gasteiger partial charge < -0.3 is 4.90 Å². The summed E-state index contributed by atoms with van der Waals surface area (Å²) in [7, 11) is -3.05. The van der Waals surface area contributed by atoms with Gasteiger partial charge >= 0.3 is 0 Å². The topological polar surface area (TPSA) is 85.2 Å². The van der Waals surface area contributed by atoms with Gasteiger partial charge in [0, 0.05) is 24.2 Å². The number of hydrogen-bond acceptors (Lipinski definition) is 5. The van der Waals surface area contributed by atoms with Crippen molar-refractivity contribution in [1.29, 1.82) is 0 Å². The minimum Gasteiger partial charge on any atom is -0.335 e. The average Bonchev–Trinajstić information content (AvgIpc) is 3.25. The monoisotopic (exact) mass is 398 g/mol. The molecule has 146 valence electrons. The van der Waals surface area contributed by atoms with Gasteiger partial charge in [-0.3, -0.25) is 4.79 Å². The molecule has 0 bridgehead atoms. The smallest absolute Gasteiger partial charge is 0.255 e. The number of carbonyl (C=O) groups excluding carboxylic acids is 1. The third-order valence-corrected chi connectivity index (χ3v) is 6.90. The van der Waals surface area contributed by atoms with Crippen molar-refractivity contribution in [3.63, 3.8) is 0 Å². The lowest BCUT2D eigenvalue weighted by Gasteiger charge is -2.26. The maximum Gasteiger partial charge on any atom is 0.255 e. The van der Waals surface area contributed by atoms with Gasteiger partial charge in [0.05, 0.1) is 29.8 Å². The molecule has 3 heterocycles. The van der Waals surface area contributed by atoms with Crippen LogP contribution in [0.25, 0.3) is 11.0 Å². The van der Waals surface area contributed by atoms with E-state index in [4.69, 9.17) is 0 Å². The lowest BCUT2D eigenvalue weighted by atomic mass is 10.1. The zero-order chi connectivity index (χ0) is 19.7. The largest absolute Gasteiger partial charge is 0.335 e. The van der Waals surface area contributed by atoms with Crippen LogP contribution in [0.5, 0.6) is 0 Å². The number of amides is 1. The molecule has 1 aromatic carbocycles. The molecular weight excluding hydrogens is 376 g/mol. The number of pyridine rings is 1. The van der Waals surface area contributed by atoms with Crippen LogP contribution in [-0.2, 0) is 16.4 Å². The van der Waals surface area contributed by atoms with Crippen LogP contribution < -0.4 is 0 Å². The number of fused-ring (bicyclic) bond motifs is 1. The second-order valence-electron chi connectivity index (χ2n) is 7.07. The van der Waals surface area contributed by atoms with E-state index in [1.54, 1.807) is 28.0 Å². The number of rotatable bonds is 5. The average molecular weight is 398 g/mol. The van der Waals surface area contributed by atoms with Crippen LogP contribution in [0.1, 0.15) is 29.3 Å². The van der Waals surface area contributed by atoms with Gasteiger partial charge in [0.25, 0.3) is 5.91 Å². The van der Waals surface area contributed by atoms with Crippen LogP contribution in [0.2, 0.25) is 0 Å². The molecule has 0 radical (unpaired) electrons. The zero-order valence-electron chi connectivity index (χ0n) is 15.7. The minimum absolute atomic E-state index is 0.0389. The van der Waals surface area contributed by atoms with Crippen LogP contribution in [0.4, 0.5) is 0 Å². The lowest BCUT2D eigenvalue weighted by molar-refractivity contribution is 0.0708. The zero-order valence-corrected chi connectivity index (χ0v) is 16.5. The summed E-state index contributed by atoms with van der Waals surface area (Å²) in [6.07, 6.45) is 3.75. The van der Waals surface area contributed by atoms with E-state index in [-0.39, 0.29) is 23.5 Å². The quantitative estimate of drug-likeness (QED) is 0.657. The van der Waals surface area contributed by atoms with Crippen molar-refractivity contribution in [2.45, 2.75) is 25.9 Å². The van der Waals surface area contributed by atoms with E-state index in [1.807, 2.05) is 37.3 Å². The molecule has 0 N–H and O–H groups in total. The van der Waals surface area contributed by atoms with Crippen LogP contribution in [0.15, 0.2) is 48.8 Å². The Balaban J connectivity index is 1.58. The highest BCUT2D eigenvalue weighted by molar-refractivity contribution is 7.91. The molecule has 28 heavy (non-hydrogen) atoms. The highest BCUT2D eigenvalue weighted by Gasteiger charge is 2.34. The first-order valence-corrected chi connectivity index (χ1v) is 11.2. The normalized spacial score (nSPS) is 18.4. The molecule has 0 unspecified atom stereocenters. The van der Waals surface area contributed by atoms with Gasteiger partial charge in [-0.2, -0.15) is 5.10 Å². The highest BCUT2D eigenvalue weighted by atomic mass is 32.2. The third-order valence-electron chi connectivity index (χ3n) is 5.15. The molecule has 1 fully saturated rings. The number of benzene rings is 1. The molecule has 1 aliphatic heterocycles. The Bertz CT molecular complexity index is 1110. The van der Waals surface area contributed by atoms with Crippen molar-refractivity contribution >= 4 is 26.8 Å². The standard InChI is InChI=1S/C20H22N4O3S/c1-2-23(18-8-9-28(26,27)14-18)20(25)17-10-16-12-22-24(19(16)21-11-17)13-15-6-4-3-5-7-15/h3-7,10-12,18H,2,8-9,13-14H2,1H3/t18-/m1/s1. The summed E-state index contributed by atoms with van der Waals surface area (Å²) < 4.78 is 25.4. The second kappa shape index (κ2) is 7.35. The van der Waals surface area contributed by atoms with Gasteiger partial charge in [0.2, 0.25) is 0 Å². The fourth-order valence-electron chi connectivity index (χ4n) is 3.72. The van der Waals surface area contributed by atoms with E-state index in [2.05, 4.69) is 10.1 Å². The van der Waals surface area contributed by atoms with Gasteiger partial charge in [-0.25, -0.2) is 18.1 Å². The van der Waals surface area contributed by atoms with Gasteiger partial charge in [0.1, 0.15) is 0 Å². The van der Waals surface area contributed by atoms with E-state index >= 15 is 0 Å². The van der Waals surface area contributed by atoms with E-state index < -0.39 is 9.84 Å². The number of aromatic nitrogens is 3. The molecule has 8 heteroatoms. The molecule has 3 aromatic rings. The lowest BCUT2D eigenvalue weighted by Crippen LogP contribution is -2.41. The number of sulfone groups is 1. The van der Waals surface area contributed by atoms with Gasteiger partial charge in [0.15, 0.2) is 15.5 Å². The first-order valence-electron chi connectivity index (χ1n) is 9.34. The molecule has 4 rings (SSSR count). The Morgan fingerprint density at radius 2 is 2.04 bits per heavy atom. The first kappa shape index (κ1) is 18.6. The highest BCUT2D eigenvalue weighted by Crippen LogP contribution is 2.21. The third kappa shape index (κ3) is 3.64. The van der Waals surface area contributed by atoms with E-state index in [0.29, 0.717) is 30.7 Å². The van der Waals surface area contributed by atoms with Crippen LogP contribution in [0, 0.1) is 0 Å². The van der Waals surface area contributed by atoms with Gasteiger partial charge in [-0.1, -0.05) is 30.3 Å². The summed E-state index contributed by atoms with van der Waals surface area (Å²) in [5.41, 5.74) is 2.29. The van der Waals surface area contributed by atoms with Crippen molar-refractivity contribution in [2.24, 2.45) is 0 Å². The molecule has 0 saturated carbocycles. The predicted molar refractivity (Wildman–Crippen MR) is 107 cm³/mol. The minimum atomic E-state index is -3.05. The molecule has 1 amide bonds. The Morgan fingerprint density at radius 3 is 2.71 bits per heavy atom. The van der Waals surface area contributed by atoms with E-state index in [0.717, 1.165) is 10.9 Å². The Kier molecular flexibility index (Phi) is 4.89. The Labute approximate surface area is 163 Å². The van der Waals surface area contributed by atoms with Gasteiger partial charge in [-0.05, 0) is 25.0 Å². The summed E-state index contributed by atoms with van der Waals surface area (Å²) in [4.78, 5) is 19.1. The summed E-state index contributed by atoms with van der Waals surface area (Å²) in [6.45, 7) is 2.93. The Morgan fingerprint density at radius 1 is 1.25 bits per heavy atom. The molecule has 1 aliphatic rings. The molecule has 2 aromatic heterocycles. The number of hydrogen-bond donors (Lipinski definition) is 0. The van der Waals surface area contributed by atoms with E-state index in [1.165, 1.54) is 0 Å².